The molecule has 0 unspecified atom stereocenters. The van der Waals surface area contributed by atoms with Crippen molar-refractivity contribution in [1.82, 2.24) is 14.3 Å². The normalized spacial score (nSPS) is 11.8. The van der Waals surface area contributed by atoms with Crippen LogP contribution in [0, 0.1) is 0 Å². The third-order valence-corrected chi connectivity index (χ3v) is 4.92. The zero-order valence-corrected chi connectivity index (χ0v) is 12.5. The van der Waals surface area contributed by atoms with Gasteiger partial charge in [-0.15, -0.1) is 0 Å². The van der Waals surface area contributed by atoms with Crippen molar-refractivity contribution in [2.24, 2.45) is 0 Å². The molecular weight excluding hydrogens is 298 g/mol. The van der Waals surface area contributed by atoms with Gasteiger partial charge >= 0.3 is 0 Å². The van der Waals surface area contributed by atoms with Crippen LogP contribution in [0.1, 0.15) is 12.5 Å². The third-order valence-electron chi connectivity index (χ3n) is 2.80. The van der Waals surface area contributed by atoms with Crippen molar-refractivity contribution in [2.75, 3.05) is 6.54 Å². The minimum atomic E-state index is -3.58. The van der Waals surface area contributed by atoms with Gasteiger partial charge in [-0.05, 0) is 29.8 Å². The maximum absolute atomic E-state index is 12.5. The summed E-state index contributed by atoms with van der Waals surface area (Å²) in [5, 5.41) is 0.158. The average molecular weight is 312 g/mol. The summed E-state index contributed by atoms with van der Waals surface area (Å²) in [6, 6.07) is 6.37. The Labute approximate surface area is 123 Å². The summed E-state index contributed by atoms with van der Waals surface area (Å²) < 4.78 is 26.5. The molecule has 0 aliphatic heterocycles. The van der Waals surface area contributed by atoms with E-state index in [0.29, 0.717) is 13.1 Å². The fraction of sp³-hybridized carbons (Fsp3) is 0.231. The van der Waals surface area contributed by atoms with Crippen LogP contribution in [0.15, 0.2) is 47.8 Å². The van der Waals surface area contributed by atoms with Crippen molar-refractivity contribution in [2.45, 2.75) is 18.4 Å². The highest BCUT2D eigenvalue weighted by molar-refractivity contribution is 7.89. The lowest BCUT2D eigenvalue weighted by atomic mass is 10.3. The number of hydrogen-bond acceptors (Lipinski definition) is 4. The second-order valence-electron chi connectivity index (χ2n) is 4.10. The smallest absolute Gasteiger partial charge is 0.243 e. The average Bonchev–Trinajstić information content (AvgIpc) is 2.45. The van der Waals surface area contributed by atoms with E-state index in [4.69, 9.17) is 11.6 Å². The fourth-order valence-corrected chi connectivity index (χ4v) is 3.44. The van der Waals surface area contributed by atoms with Crippen molar-refractivity contribution in [3.05, 3.63) is 53.6 Å². The first-order valence-electron chi connectivity index (χ1n) is 6.04. The molecule has 0 N–H and O–H groups in total. The van der Waals surface area contributed by atoms with Gasteiger partial charge in [0.15, 0.2) is 0 Å². The summed E-state index contributed by atoms with van der Waals surface area (Å²) in [5.41, 5.74) is 0.880. The van der Waals surface area contributed by atoms with E-state index in [2.05, 4.69) is 9.97 Å². The Balaban J connectivity index is 2.31. The quantitative estimate of drug-likeness (QED) is 0.795. The molecule has 0 amide bonds. The molecule has 0 radical (unpaired) electrons. The SMILES string of the molecule is CCN(Cc1ccncc1)S(=O)(=O)c1ccnc(Cl)c1. The molecule has 2 heterocycles. The highest BCUT2D eigenvalue weighted by Crippen LogP contribution is 2.19. The van der Waals surface area contributed by atoms with Gasteiger partial charge in [-0.3, -0.25) is 4.98 Å². The number of pyridine rings is 2. The van der Waals surface area contributed by atoms with Crippen LogP contribution in [0.25, 0.3) is 0 Å². The molecule has 2 aromatic rings. The molecule has 0 saturated heterocycles. The molecule has 2 aromatic heterocycles. The number of rotatable bonds is 5. The van der Waals surface area contributed by atoms with E-state index in [1.165, 1.54) is 22.6 Å². The van der Waals surface area contributed by atoms with Crippen LogP contribution in [0.2, 0.25) is 5.15 Å². The lowest BCUT2D eigenvalue weighted by molar-refractivity contribution is 0.423. The van der Waals surface area contributed by atoms with Gasteiger partial charge in [0.05, 0.1) is 4.90 Å². The molecule has 106 valence electrons. The number of halogens is 1. The van der Waals surface area contributed by atoms with Crippen LogP contribution < -0.4 is 0 Å². The topological polar surface area (TPSA) is 63.2 Å². The van der Waals surface area contributed by atoms with Crippen LogP contribution in [-0.2, 0) is 16.6 Å². The third kappa shape index (κ3) is 3.33. The second-order valence-corrected chi connectivity index (χ2v) is 6.43. The van der Waals surface area contributed by atoms with E-state index >= 15 is 0 Å². The Morgan fingerprint density at radius 1 is 1.20 bits per heavy atom. The summed E-state index contributed by atoms with van der Waals surface area (Å²) in [5.74, 6) is 0. The van der Waals surface area contributed by atoms with E-state index in [-0.39, 0.29) is 10.0 Å². The Morgan fingerprint density at radius 3 is 2.50 bits per heavy atom. The Bertz CT molecular complexity index is 677. The number of hydrogen-bond donors (Lipinski definition) is 0. The fourth-order valence-electron chi connectivity index (χ4n) is 1.75. The van der Waals surface area contributed by atoms with Crippen LogP contribution in [0.4, 0.5) is 0 Å². The van der Waals surface area contributed by atoms with E-state index in [1.54, 1.807) is 31.5 Å². The molecule has 0 fully saturated rings. The lowest BCUT2D eigenvalue weighted by Crippen LogP contribution is -2.30. The number of nitrogens with zero attached hydrogens (tertiary/aromatic N) is 3. The molecule has 2 rings (SSSR count). The van der Waals surface area contributed by atoms with E-state index < -0.39 is 10.0 Å². The van der Waals surface area contributed by atoms with Crippen molar-refractivity contribution in [3.63, 3.8) is 0 Å². The maximum atomic E-state index is 12.5. The van der Waals surface area contributed by atoms with Gasteiger partial charge in [-0.25, -0.2) is 13.4 Å². The van der Waals surface area contributed by atoms with Crippen molar-refractivity contribution in [3.8, 4) is 0 Å². The summed E-state index contributed by atoms with van der Waals surface area (Å²) in [7, 11) is -3.58. The van der Waals surface area contributed by atoms with Gasteiger partial charge in [-0.2, -0.15) is 4.31 Å². The molecule has 0 spiro atoms. The van der Waals surface area contributed by atoms with Gasteiger partial charge in [0.25, 0.3) is 0 Å². The number of sulfonamides is 1. The standard InChI is InChI=1S/C13H14ClN3O2S/c1-2-17(10-11-3-6-15-7-4-11)20(18,19)12-5-8-16-13(14)9-12/h3-9H,2,10H2,1H3. The highest BCUT2D eigenvalue weighted by Gasteiger charge is 2.23. The van der Waals surface area contributed by atoms with Crippen molar-refractivity contribution >= 4 is 21.6 Å². The molecular formula is C13H14ClN3O2S. The van der Waals surface area contributed by atoms with E-state index in [0.717, 1.165) is 5.56 Å². The highest BCUT2D eigenvalue weighted by atomic mass is 35.5. The first kappa shape index (κ1) is 14.9. The van der Waals surface area contributed by atoms with Crippen molar-refractivity contribution < 1.29 is 8.42 Å². The molecule has 0 aliphatic rings. The maximum Gasteiger partial charge on any atom is 0.243 e. The molecule has 0 bridgehead atoms. The summed E-state index contributed by atoms with van der Waals surface area (Å²) in [6.45, 7) is 2.45. The Morgan fingerprint density at radius 2 is 1.90 bits per heavy atom. The van der Waals surface area contributed by atoms with Crippen LogP contribution in [0.5, 0.6) is 0 Å². The monoisotopic (exact) mass is 311 g/mol. The second kappa shape index (κ2) is 6.30. The van der Waals surface area contributed by atoms with Gasteiger partial charge in [-0.1, -0.05) is 18.5 Å². The molecule has 5 nitrogen and oxygen atoms in total. The van der Waals surface area contributed by atoms with Gasteiger partial charge in [0.1, 0.15) is 5.15 Å². The van der Waals surface area contributed by atoms with E-state index in [1.807, 2.05) is 0 Å². The Hall–Kier alpha value is -1.50. The van der Waals surface area contributed by atoms with Crippen LogP contribution >= 0.6 is 11.6 Å². The zero-order valence-electron chi connectivity index (χ0n) is 10.9. The van der Waals surface area contributed by atoms with Gasteiger partial charge < -0.3 is 0 Å². The summed E-state index contributed by atoms with van der Waals surface area (Å²) in [4.78, 5) is 7.86. The molecule has 0 aromatic carbocycles. The lowest BCUT2D eigenvalue weighted by Gasteiger charge is -2.20. The predicted octanol–water partition coefficient (Wildman–Crippen LogP) is 2.34. The van der Waals surface area contributed by atoms with Gasteiger partial charge in [0.2, 0.25) is 10.0 Å². The minimum Gasteiger partial charge on any atom is -0.265 e. The molecule has 0 saturated carbocycles. The first-order valence-corrected chi connectivity index (χ1v) is 7.86. The van der Waals surface area contributed by atoms with Crippen LogP contribution in [-0.4, -0.2) is 29.2 Å². The molecule has 7 heteroatoms. The molecule has 0 atom stereocenters. The van der Waals surface area contributed by atoms with E-state index in [9.17, 15) is 8.42 Å². The first-order chi connectivity index (χ1) is 9.54. The number of aromatic nitrogens is 2. The van der Waals surface area contributed by atoms with Crippen LogP contribution in [0.3, 0.4) is 0 Å². The molecule has 20 heavy (non-hydrogen) atoms. The Kier molecular flexibility index (Phi) is 4.69. The summed E-state index contributed by atoms with van der Waals surface area (Å²) in [6.07, 6.45) is 4.66. The largest absolute Gasteiger partial charge is 0.265 e. The van der Waals surface area contributed by atoms with Crippen molar-refractivity contribution in [1.29, 1.82) is 0 Å². The van der Waals surface area contributed by atoms with Gasteiger partial charge in [0, 0.05) is 31.7 Å². The predicted molar refractivity (Wildman–Crippen MR) is 76.8 cm³/mol. The summed E-state index contributed by atoms with van der Waals surface area (Å²) >= 11 is 5.76. The zero-order chi connectivity index (χ0) is 14.6. The molecule has 0 aliphatic carbocycles. The minimum absolute atomic E-state index is 0.147.